The van der Waals surface area contributed by atoms with Crippen molar-refractivity contribution < 1.29 is 28.1 Å². The van der Waals surface area contributed by atoms with E-state index < -0.39 is 5.91 Å². The Morgan fingerprint density at radius 3 is 2.46 bits per heavy atom. The Kier molecular flexibility index (Phi) is 7.52. The third-order valence-corrected chi connectivity index (χ3v) is 6.80. The number of hydrogen-bond acceptors (Lipinski definition) is 7. The van der Waals surface area contributed by atoms with E-state index in [9.17, 15) is 19.2 Å². The molecule has 0 unspecified atom stereocenters. The fourth-order valence-corrected chi connectivity index (χ4v) is 4.74. The normalized spacial score (nSPS) is 16.9. The van der Waals surface area contributed by atoms with Gasteiger partial charge in [-0.25, -0.2) is 0 Å². The van der Waals surface area contributed by atoms with Crippen molar-refractivity contribution in [2.24, 2.45) is 5.41 Å². The zero-order chi connectivity index (χ0) is 24.8. The monoisotopic (exact) mass is 485 g/mol. The molecule has 2 aliphatic rings. The topological polar surface area (TPSA) is 138 Å². The molecule has 4 heterocycles. The van der Waals surface area contributed by atoms with Gasteiger partial charge in [-0.1, -0.05) is 5.16 Å². The maximum Gasteiger partial charge on any atom is 0.287 e. The van der Waals surface area contributed by atoms with Crippen molar-refractivity contribution in [2.45, 2.75) is 45.4 Å². The number of carbonyl (C=O) groups excluding carboxylic acids is 4. The first kappa shape index (κ1) is 24.5. The number of anilines is 1. The molecule has 2 N–H and O–H groups in total. The van der Waals surface area contributed by atoms with E-state index >= 15 is 0 Å². The van der Waals surface area contributed by atoms with Crippen LogP contribution in [0.2, 0.25) is 0 Å². The van der Waals surface area contributed by atoms with E-state index in [4.69, 9.17) is 8.94 Å². The summed E-state index contributed by atoms with van der Waals surface area (Å²) in [5, 5.41) is 8.98. The van der Waals surface area contributed by atoms with E-state index in [-0.39, 0.29) is 41.9 Å². The van der Waals surface area contributed by atoms with Gasteiger partial charge >= 0.3 is 0 Å². The molecule has 188 valence electrons. The molecule has 0 saturated carbocycles. The number of aryl methyl sites for hydroxylation is 1. The van der Waals surface area contributed by atoms with E-state index in [1.54, 1.807) is 30.0 Å². The van der Waals surface area contributed by atoms with E-state index in [1.165, 1.54) is 6.26 Å². The first-order valence-electron chi connectivity index (χ1n) is 11.9. The molecule has 35 heavy (non-hydrogen) atoms. The summed E-state index contributed by atoms with van der Waals surface area (Å²) in [6.45, 7) is 4.29. The maximum absolute atomic E-state index is 12.7. The van der Waals surface area contributed by atoms with Gasteiger partial charge in [-0.15, -0.1) is 0 Å². The van der Waals surface area contributed by atoms with Crippen molar-refractivity contribution >= 4 is 29.4 Å². The van der Waals surface area contributed by atoms with Crippen molar-refractivity contribution in [3.8, 4) is 0 Å². The SMILES string of the molecule is Cc1cc(NC(=O)CCCC(=O)N2CCC3(CCN(C(=O)CNC(=O)c4ccco4)CC3)C2)no1. The van der Waals surface area contributed by atoms with Crippen LogP contribution in [0.5, 0.6) is 0 Å². The Morgan fingerprint density at radius 1 is 1.06 bits per heavy atom. The number of piperidine rings is 1. The van der Waals surface area contributed by atoms with Crippen LogP contribution < -0.4 is 10.6 Å². The van der Waals surface area contributed by atoms with Crippen LogP contribution in [0.4, 0.5) is 5.82 Å². The van der Waals surface area contributed by atoms with Crippen LogP contribution in [0.25, 0.3) is 0 Å². The van der Waals surface area contributed by atoms with Crippen LogP contribution in [0.15, 0.2) is 33.4 Å². The van der Waals surface area contributed by atoms with E-state index in [0.717, 1.165) is 19.3 Å². The predicted octanol–water partition coefficient (Wildman–Crippen LogP) is 1.96. The molecule has 2 aromatic rings. The lowest BCUT2D eigenvalue weighted by molar-refractivity contribution is -0.134. The summed E-state index contributed by atoms with van der Waals surface area (Å²) in [5.74, 6) is 0.511. The van der Waals surface area contributed by atoms with Crippen LogP contribution in [0, 0.1) is 12.3 Å². The second-order valence-corrected chi connectivity index (χ2v) is 9.33. The molecule has 0 radical (unpaired) electrons. The van der Waals surface area contributed by atoms with Crippen LogP contribution in [0.3, 0.4) is 0 Å². The van der Waals surface area contributed by atoms with Gasteiger partial charge in [-0.05, 0) is 50.2 Å². The Balaban J connectivity index is 1.14. The molecule has 0 bridgehead atoms. The number of amides is 4. The highest BCUT2D eigenvalue weighted by molar-refractivity contribution is 5.94. The molecule has 2 fully saturated rings. The summed E-state index contributed by atoms with van der Waals surface area (Å²) >= 11 is 0. The van der Waals surface area contributed by atoms with Crippen LogP contribution in [-0.4, -0.2) is 71.3 Å². The predicted molar refractivity (Wildman–Crippen MR) is 124 cm³/mol. The minimum absolute atomic E-state index is 0.0338. The number of nitrogens with one attached hydrogen (secondary N) is 2. The molecule has 11 heteroatoms. The van der Waals surface area contributed by atoms with Crippen LogP contribution >= 0.6 is 0 Å². The van der Waals surface area contributed by atoms with Gasteiger partial charge in [0.1, 0.15) is 5.76 Å². The second kappa shape index (κ2) is 10.7. The zero-order valence-corrected chi connectivity index (χ0v) is 19.9. The fraction of sp³-hybridized carbons (Fsp3) is 0.542. The highest BCUT2D eigenvalue weighted by atomic mass is 16.5. The molecule has 0 aromatic carbocycles. The fourth-order valence-electron chi connectivity index (χ4n) is 4.74. The molecule has 4 amide bonds. The summed E-state index contributed by atoms with van der Waals surface area (Å²) < 4.78 is 9.95. The van der Waals surface area contributed by atoms with Gasteiger partial charge in [0, 0.05) is 45.1 Å². The van der Waals surface area contributed by atoms with Gasteiger partial charge in [-0.2, -0.15) is 0 Å². The minimum atomic E-state index is -0.410. The quantitative estimate of drug-likeness (QED) is 0.583. The van der Waals surface area contributed by atoms with Gasteiger partial charge in [-0.3, -0.25) is 19.2 Å². The first-order chi connectivity index (χ1) is 16.8. The van der Waals surface area contributed by atoms with Gasteiger partial charge in [0.25, 0.3) is 5.91 Å². The Labute approximate surface area is 203 Å². The number of rotatable bonds is 8. The molecule has 11 nitrogen and oxygen atoms in total. The number of carbonyl (C=O) groups is 4. The summed E-state index contributed by atoms with van der Waals surface area (Å²) in [6.07, 6.45) is 5.02. The molecule has 0 aliphatic carbocycles. The number of furan rings is 1. The third kappa shape index (κ3) is 6.28. The molecular formula is C24H31N5O6. The average molecular weight is 486 g/mol. The standard InChI is InChI=1S/C24H31N5O6/c1-17-14-19(27-35-17)26-20(30)5-2-6-21(31)29-12-9-24(16-29)7-10-28(11-8-24)22(32)15-25-23(33)18-4-3-13-34-18/h3-4,13-14H,2,5-12,15-16H2,1H3,(H,25,33)(H,26,27,30). The molecule has 1 spiro atoms. The molecule has 2 aliphatic heterocycles. The van der Waals surface area contributed by atoms with Crippen molar-refractivity contribution in [3.63, 3.8) is 0 Å². The largest absolute Gasteiger partial charge is 0.459 e. The molecule has 2 saturated heterocycles. The number of likely N-dealkylation sites (tertiary alicyclic amines) is 2. The van der Waals surface area contributed by atoms with Crippen molar-refractivity contribution in [3.05, 3.63) is 36.0 Å². The summed E-state index contributed by atoms with van der Waals surface area (Å²) in [7, 11) is 0. The van der Waals surface area contributed by atoms with Crippen LogP contribution in [-0.2, 0) is 14.4 Å². The van der Waals surface area contributed by atoms with Gasteiger partial charge < -0.3 is 29.4 Å². The lowest BCUT2D eigenvalue weighted by Crippen LogP contribution is -2.47. The maximum atomic E-state index is 12.7. The van der Waals surface area contributed by atoms with Gasteiger partial charge in [0.15, 0.2) is 11.6 Å². The lowest BCUT2D eigenvalue weighted by atomic mass is 9.78. The lowest BCUT2D eigenvalue weighted by Gasteiger charge is -2.39. The smallest absolute Gasteiger partial charge is 0.287 e. The number of nitrogens with zero attached hydrogens (tertiary/aromatic N) is 3. The summed E-state index contributed by atoms with van der Waals surface area (Å²) in [6, 6.07) is 4.81. The third-order valence-electron chi connectivity index (χ3n) is 6.80. The van der Waals surface area contributed by atoms with Crippen molar-refractivity contribution in [2.75, 3.05) is 38.0 Å². The second-order valence-electron chi connectivity index (χ2n) is 9.33. The Bertz CT molecular complexity index is 1050. The average Bonchev–Trinajstić information content (AvgIpc) is 3.60. The zero-order valence-electron chi connectivity index (χ0n) is 19.9. The van der Waals surface area contributed by atoms with Crippen molar-refractivity contribution in [1.82, 2.24) is 20.3 Å². The first-order valence-corrected chi connectivity index (χ1v) is 11.9. The number of hydrogen-bond donors (Lipinski definition) is 2. The van der Waals surface area contributed by atoms with E-state index in [1.807, 2.05) is 4.90 Å². The summed E-state index contributed by atoms with van der Waals surface area (Å²) in [4.78, 5) is 52.8. The van der Waals surface area contributed by atoms with E-state index in [2.05, 4.69) is 15.8 Å². The van der Waals surface area contributed by atoms with E-state index in [0.29, 0.717) is 50.6 Å². The highest BCUT2D eigenvalue weighted by Crippen LogP contribution is 2.40. The Hall–Kier alpha value is -3.63. The molecule has 0 atom stereocenters. The van der Waals surface area contributed by atoms with Gasteiger partial charge in [0.05, 0.1) is 12.8 Å². The van der Waals surface area contributed by atoms with Crippen LogP contribution in [0.1, 0.15) is 54.8 Å². The Morgan fingerprint density at radius 2 is 1.80 bits per heavy atom. The van der Waals surface area contributed by atoms with Crippen molar-refractivity contribution in [1.29, 1.82) is 0 Å². The van der Waals surface area contributed by atoms with Gasteiger partial charge in [0.2, 0.25) is 17.7 Å². The molecular weight excluding hydrogens is 454 g/mol. The summed E-state index contributed by atoms with van der Waals surface area (Å²) in [5.41, 5.74) is 0.0338. The number of aromatic nitrogens is 1. The molecule has 4 rings (SSSR count). The molecule has 2 aromatic heterocycles. The highest BCUT2D eigenvalue weighted by Gasteiger charge is 2.42. The minimum Gasteiger partial charge on any atom is -0.459 e.